The van der Waals surface area contributed by atoms with Gasteiger partial charge in [-0.1, -0.05) is 60.2 Å². The Kier molecular flexibility index (Phi) is 5.85. The van der Waals surface area contributed by atoms with E-state index in [1.165, 1.54) is 0 Å². The fourth-order valence-corrected chi connectivity index (χ4v) is 4.35. The first-order valence-corrected chi connectivity index (χ1v) is 10.6. The van der Waals surface area contributed by atoms with Crippen LogP contribution in [0.3, 0.4) is 0 Å². The SMILES string of the molecule is Cc1ccc(CC(=O)N2CC[C@](Cc3ccccc3-c3cccnc3)(C(N)=O)C2)cc1. The van der Waals surface area contributed by atoms with Gasteiger partial charge in [0.2, 0.25) is 11.8 Å². The molecule has 5 nitrogen and oxygen atoms in total. The molecule has 2 aromatic carbocycles. The molecule has 1 aliphatic heterocycles. The first-order valence-electron chi connectivity index (χ1n) is 10.6. The quantitative estimate of drug-likeness (QED) is 0.671. The van der Waals surface area contributed by atoms with E-state index in [-0.39, 0.29) is 11.8 Å². The lowest BCUT2D eigenvalue weighted by Gasteiger charge is -2.27. The second kappa shape index (κ2) is 8.72. The van der Waals surface area contributed by atoms with Crippen LogP contribution in [0.4, 0.5) is 0 Å². The summed E-state index contributed by atoms with van der Waals surface area (Å²) in [6.07, 6.45) is 4.97. The summed E-state index contributed by atoms with van der Waals surface area (Å²) < 4.78 is 0. The van der Waals surface area contributed by atoms with Crippen LogP contribution in [-0.4, -0.2) is 34.8 Å². The monoisotopic (exact) mass is 413 g/mol. The number of nitrogens with zero attached hydrogens (tertiary/aromatic N) is 2. The molecule has 1 aliphatic rings. The van der Waals surface area contributed by atoms with E-state index in [0.29, 0.717) is 32.4 Å². The highest BCUT2D eigenvalue weighted by Gasteiger charge is 2.45. The van der Waals surface area contributed by atoms with E-state index in [1.54, 1.807) is 11.1 Å². The van der Waals surface area contributed by atoms with Crippen molar-refractivity contribution in [3.05, 3.63) is 89.7 Å². The maximum Gasteiger partial charge on any atom is 0.227 e. The molecule has 0 spiro atoms. The average molecular weight is 414 g/mol. The number of benzene rings is 2. The lowest BCUT2D eigenvalue weighted by molar-refractivity contribution is -0.131. The van der Waals surface area contributed by atoms with Crippen molar-refractivity contribution in [3.63, 3.8) is 0 Å². The van der Waals surface area contributed by atoms with E-state index in [1.807, 2.05) is 73.8 Å². The number of likely N-dealkylation sites (tertiary alicyclic amines) is 1. The fraction of sp³-hybridized carbons (Fsp3) is 0.269. The third-order valence-corrected chi connectivity index (χ3v) is 6.22. The van der Waals surface area contributed by atoms with Gasteiger partial charge in [0.1, 0.15) is 0 Å². The van der Waals surface area contributed by atoms with Gasteiger partial charge in [0, 0.05) is 31.0 Å². The van der Waals surface area contributed by atoms with Gasteiger partial charge in [0.15, 0.2) is 0 Å². The zero-order valence-corrected chi connectivity index (χ0v) is 17.8. The normalized spacial score (nSPS) is 18.2. The van der Waals surface area contributed by atoms with Crippen LogP contribution in [-0.2, 0) is 22.4 Å². The highest BCUT2D eigenvalue weighted by molar-refractivity contribution is 5.85. The summed E-state index contributed by atoms with van der Waals surface area (Å²) in [6, 6.07) is 19.9. The number of rotatable bonds is 6. The third-order valence-electron chi connectivity index (χ3n) is 6.22. The molecule has 0 unspecified atom stereocenters. The molecule has 1 atom stereocenters. The summed E-state index contributed by atoms with van der Waals surface area (Å²) in [7, 11) is 0. The molecule has 0 bridgehead atoms. The zero-order chi connectivity index (χ0) is 21.8. The second-order valence-corrected chi connectivity index (χ2v) is 8.45. The molecule has 2 N–H and O–H groups in total. The number of amides is 2. The Labute approximate surface area is 182 Å². The molecular weight excluding hydrogens is 386 g/mol. The summed E-state index contributed by atoms with van der Waals surface area (Å²) in [4.78, 5) is 31.5. The number of primary amides is 1. The minimum Gasteiger partial charge on any atom is -0.369 e. The molecule has 5 heteroatoms. The topological polar surface area (TPSA) is 76.3 Å². The molecule has 158 valence electrons. The van der Waals surface area contributed by atoms with Crippen LogP contribution in [0.1, 0.15) is 23.1 Å². The lowest BCUT2D eigenvalue weighted by Crippen LogP contribution is -2.42. The minimum absolute atomic E-state index is 0.0347. The van der Waals surface area contributed by atoms with Gasteiger partial charge < -0.3 is 10.6 Å². The van der Waals surface area contributed by atoms with Crippen LogP contribution < -0.4 is 5.73 Å². The highest BCUT2D eigenvalue weighted by atomic mass is 16.2. The van der Waals surface area contributed by atoms with Crippen molar-refractivity contribution in [1.29, 1.82) is 0 Å². The molecule has 0 aliphatic carbocycles. The molecule has 3 aromatic rings. The van der Waals surface area contributed by atoms with Crippen LogP contribution in [0.15, 0.2) is 73.1 Å². The fourth-order valence-electron chi connectivity index (χ4n) is 4.35. The van der Waals surface area contributed by atoms with Gasteiger partial charge in [-0.05, 0) is 42.5 Å². The van der Waals surface area contributed by atoms with Crippen molar-refractivity contribution >= 4 is 11.8 Å². The molecule has 0 saturated carbocycles. The number of nitrogens with two attached hydrogens (primary N) is 1. The van der Waals surface area contributed by atoms with Crippen molar-refractivity contribution in [2.75, 3.05) is 13.1 Å². The molecule has 4 rings (SSSR count). The maximum absolute atomic E-state index is 12.9. The van der Waals surface area contributed by atoms with E-state index in [0.717, 1.165) is 27.8 Å². The molecule has 31 heavy (non-hydrogen) atoms. The number of carbonyl (C=O) groups is 2. The number of pyridine rings is 1. The molecule has 2 heterocycles. The van der Waals surface area contributed by atoms with Crippen LogP contribution in [0.5, 0.6) is 0 Å². The van der Waals surface area contributed by atoms with E-state index in [4.69, 9.17) is 5.73 Å². The average Bonchev–Trinajstić information content (AvgIpc) is 3.22. The Morgan fingerprint density at radius 3 is 2.55 bits per heavy atom. The summed E-state index contributed by atoms with van der Waals surface area (Å²) in [6.45, 7) is 2.92. The Hall–Kier alpha value is -3.47. The zero-order valence-electron chi connectivity index (χ0n) is 17.8. The predicted molar refractivity (Wildman–Crippen MR) is 121 cm³/mol. The number of aromatic nitrogens is 1. The van der Waals surface area contributed by atoms with Crippen molar-refractivity contribution < 1.29 is 9.59 Å². The molecule has 1 saturated heterocycles. The second-order valence-electron chi connectivity index (χ2n) is 8.45. The van der Waals surface area contributed by atoms with Crippen LogP contribution in [0.2, 0.25) is 0 Å². The Morgan fingerprint density at radius 2 is 1.84 bits per heavy atom. The van der Waals surface area contributed by atoms with E-state index >= 15 is 0 Å². The molecular formula is C26H27N3O2. The van der Waals surface area contributed by atoms with Crippen LogP contribution >= 0.6 is 0 Å². The first kappa shape index (κ1) is 20.8. The summed E-state index contributed by atoms with van der Waals surface area (Å²) in [5.74, 6) is -0.313. The number of carbonyl (C=O) groups excluding carboxylic acids is 2. The van der Waals surface area contributed by atoms with Crippen LogP contribution in [0.25, 0.3) is 11.1 Å². The summed E-state index contributed by atoms with van der Waals surface area (Å²) >= 11 is 0. The van der Waals surface area contributed by atoms with E-state index in [9.17, 15) is 9.59 Å². The van der Waals surface area contributed by atoms with Gasteiger partial charge in [-0.2, -0.15) is 0 Å². The van der Waals surface area contributed by atoms with Gasteiger partial charge in [-0.3, -0.25) is 14.6 Å². The van der Waals surface area contributed by atoms with Gasteiger partial charge in [0.25, 0.3) is 0 Å². The van der Waals surface area contributed by atoms with Crippen molar-refractivity contribution in [2.24, 2.45) is 11.1 Å². The predicted octanol–water partition coefficient (Wildman–Crippen LogP) is 3.55. The maximum atomic E-state index is 12.9. The molecule has 1 aromatic heterocycles. The Balaban J connectivity index is 1.54. The van der Waals surface area contributed by atoms with Crippen molar-refractivity contribution in [1.82, 2.24) is 9.88 Å². The lowest BCUT2D eigenvalue weighted by atomic mass is 9.78. The summed E-state index contributed by atoms with van der Waals surface area (Å²) in [5, 5.41) is 0. The minimum atomic E-state index is -0.763. The molecule has 0 radical (unpaired) electrons. The summed E-state index contributed by atoms with van der Waals surface area (Å²) in [5.41, 5.74) is 10.4. The van der Waals surface area contributed by atoms with Crippen LogP contribution in [0, 0.1) is 12.3 Å². The first-order chi connectivity index (χ1) is 15.0. The number of hydrogen-bond acceptors (Lipinski definition) is 3. The molecule has 2 amide bonds. The largest absolute Gasteiger partial charge is 0.369 e. The van der Waals surface area contributed by atoms with Gasteiger partial charge in [0.05, 0.1) is 11.8 Å². The highest BCUT2D eigenvalue weighted by Crippen LogP contribution is 2.37. The standard InChI is InChI=1S/C26H27N3O2/c1-19-8-10-20(11-9-19)15-24(30)29-14-12-26(18-29,25(27)31)16-21-5-2-3-7-23(21)22-6-4-13-28-17-22/h2-11,13,17H,12,14-16,18H2,1H3,(H2,27,31)/t26-/m1/s1. The van der Waals surface area contributed by atoms with Gasteiger partial charge in [-0.25, -0.2) is 0 Å². The Bertz CT molecular complexity index is 1080. The van der Waals surface area contributed by atoms with E-state index in [2.05, 4.69) is 4.98 Å². The number of hydrogen-bond donors (Lipinski definition) is 1. The van der Waals surface area contributed by atoms with Crippen molar-refractivity contribution in [3.8, 4) is 11.1 Å². The third kappa shape index (κ3) is 4.50. The van der Waals surface area contributed by atoms with Gasteiger partial charge >= 0.3 is 0 Å². The number of aryl methyl sites for hydroxylation is 1. The van der Waals surface area contributed by atoms with E-state index < -0.39 is 5.41 Å². The Morgan fingerprint density at radius 1 is 1.06 bits per heavy atom. The smallest absolute Gasteiger partial charge is 0.227 e. The molecule has 1 fully saturated rings. The van der Waals surface area contributed by atoms with Gasteiger partial charge in [-0.15, -0.1) is 0 Å². The van der Waals surface area contributed by atoms with Crippen molar-refractivity contribution in [2.45, 2.75) is 26.2 Å².